The zero-order valence-corrected chi connectivity index (χ0v) is 23.5. The molecule has 0 radical (unpaired) electrons. The first-order valence-corrected chi connectivity index (χ1v) is 14.1. The molecule has 212 valence electrons. The van der Waals surface area contributed by atoms with Gasteiger partial charge in [-0.05, 0) is 79.8 Å². The van der Waals surface area contributed by atoms with Crippen LogP contribution in [0, 0.1) is 25.7 Å². The molecule has 5 rings (SSSR count). The first-order chi connectivity index (χ1) is 19.9. The zero-order valence-electron chi connectivity index (χ0n) is 23.5. The molecule has 0 unspecified atom stereocenters. The maximum Gasteiger partial charge on any atom is 0.407 e. The standard InChI is InChI=1S/C34H35NO6/c1-22-17-29(31-23(2)28(33(37)41-30(31)18-22)19-24-9-5-3-6-10-24)40-32(36)27-15-13-25(14-16-27)20-35-34(38)39-21-26-11-7-4-8-12-26/h3-12,17-18,25,27H,13-16,19-21H2,1-2H3,(H,35,38). The van der Waals surface area contributed by atoms with Crippen LogP contribution in [0.2, 0.25) is 0 Å². The molecule has 1 fully saturated rings. The van der Waals surface area contributed by atoms with Crippen molar-refractivity contribution in [2.45, 2.75) is 52.6 Å². The SMILES string of the molecule is Cc1cc(OC(=O)C2CCC(CNC(=O)OCc3ccccc3)CC2)c2c(C)c(Cc3ccccc3)c(=O)oc2c1. The molecule has 1 saturated carbocycles. The summed E-state index contributed by atoms with van der Waals surface area (Å²) >= 11 is 0. The van der Waals surface area contributed by atoms with Gasteiger partial charge in [0.15, 0.2) is 0 Å². The number of hydrogen-bond donors (Lipinski definition) is 1. The summed E-state index contributed by atoms with van der Waals surface area (Å²) in [4.78, 5) is 38.2. The van der Waals surface area contributed by atoms with E-state index in [1.165, 1.54) is 0 Å². The number of amides is 1. The van der Waals surface area contributed by atoms with E-state index >= 15 is 0 Å². The fourth-order valence-corrected chi connectivity index (χ4v) is 5.52. The fraction of sp³-hybridized carbons (Fsp3) is 0.324. The van der Waals surface area contributed by atoms with Crippen molar-refractivity contribution in [2.75, 3.05) is 6.54 Å². The first kappa shape index (κ1) is 28.1. The number of nitrogens with one attached hydrogen (secondary N) is 1. The van der Waals surface area contributed by atoms with Crippen molar-refractivity contribution in [3.05, 3.63) is 111 Å². The topological polar surface area (TPSA) is 94.8 Å². The van der Waals surface area contributed by atoms with E-state index in [4.69, 9.17) is 13.9 Å². The van der Waals surface area contributed by atoms with E-state index in [0.29, 0.717) is 48.1 Å². The maximum absolute atomic E-state index is 13.3. The Bertz CT molecular complexity index is 1570. The van der Waals surface area contributed by atoms with Crippen molar-refractivity contribution in [3.8, 4) is 5.75 Å². The van der Waals surface area contributed by atoms with Gasteiger partial charge in [0, 0.05) is 18.5 Å². The number of ether oxygens (including phenoxy) is 2. The summed E-state index contributed by atoms with van der Waals surface area (Å²) in [5.74, 6) is 0.193. The molecule has 0 aliphatic heterocycles. The van der Waals surface area contributed by atoms with Crippen LogP contribution in [-0.4, -0.2) is 18.6 Å². The number of carbonyl (C=O) groups is 2. The molecule has 0 spiro atoms. The second-order valence-electron chi connectivity index (χ2n) is 10.9. The number of aryl methyl sites for hydroxylation is 2. The van der Waals surface area contributed by atoms with Gasteiger partial charge < -0.3 is 19.2 Å². The van der Waals surface area contributed by atoms with Gasteiger partial charge in [0.1, 0.15) is 17.9 Å². The van der Waals surface area contributed by atoms with E-state index in [0.717, 1.165) is 35.1 Å². The number of rotatable bonds is 8. The van der Waals surface area contributed by atoms with Crippen LogP contribution in [0.15, 0.2) is 82.0 Å². The number of carbonyl (C=O) groups excluding carboxylic acids is 2. The summed E-state index contributed by atoms with van der Waals surface area (Å²) in [6.07, 6.45) is 2.98. The Balaban J connectivity index is 1.20. The zero-order chi connectivity index (χ0) is 28.8. The van der Waals surface area contributed by atoms with Gasteiger partial charge in [0.05, 0.1) is 11.3 Å². The fourth-order valence-electron chi connectivity index (χ4n) is 5.52. The van der Waals surface area contributed by atoms with Crippen molar-refractivity contribution >= 4 is 23.0 Å². The number of alkyl carbamates (subject to hydrolysis) is 1. The Morgan fingerprint density at radius 1 is 0.902 bits per heavy atom. The van der Waals surface area contributed by atoms with Crippen LogP contribution in [0.1, 0.15) is 53.5 Å². The van der Waals surface area contributed by atoms with E-state index in [2.05, 4.69) is 5.32 Å². The lowest BCUT2D eigenvalue weighted by atomic mass is 9.82. The molecule has 1 N–H and O–H groups in total. The summed E-state index contributed by atoms with van der Waals surface area (Å²) in [7, 11) is 0. The maximum atomic E-state index is 13.3. The molecule has 7 heteroatoms. The smallest absolute Gasteiger partial charge is 0.407 e. The molecule has 41 heavy (non-hydrogen) atoms. The van der Waals surface area contributed by atoms with Crippen LogP contribution in [-0.2, 0) is 22.6 Å². The van der Waals surface area contributed by atoms with Crippen molar-refractivity contribution in [2.24, 2.45) is 11.8 Å². The number of esters is 1. The van der Waals surface area contributed by atoms with E-state index in [9.17, 15) is 14.4 Å². The summed E-state index contributed by atoms with van der Waals surface area (Å²) in [5.41, 5.74) is 4.14. The van der Waals surface area contributed by atoms with E-state index in [1.807, 2.05) is 80.6 Å². The van der Waals surface area contributed by atoms with Crippen molar-refractivity contribution in [1.82, 2.24) is 5.32 Å². The Morgan fingerprint density at radius 2 is 1.56 bits per heavy atom. The lowest BCUT2D eigenvalue weighted by molar-refractivity contribution is -0.140. The Morgan fingerprint density at radius 3 is 2.24 bits per heavy atom. The number of fused-ring (bicyclic) bond motifs is 1. The Labute approximate surface area is 239 Å². The predicted molar refractivity (Wildman–Crippen MR) is 157 cm³/mol. The van der Waals surface area contributed by atoms with Gasteiger partial charge in [0.25, 0.3) is 0 Å². The minimum absolute atomic E-state index is 0.230. The van der Waals surface area contributed by atoms with Gasteiger partial charge in [-0.2, -0.15) is 0 Å². The van der Waals surface area contributed by atoms with Crippen LogP contribution < -0.4 is 15.7 Å². The van der Waals surface area contributed by atoms with Gasteiger partial charge in [-0.3, -0.25) is 4.79 Å². The lowest BCUT2D eigenvalue weighted by Crippen LogP contribution is -2.33. The minimum atomic E-state index is -0.435. The highest BCUT2D eigenvalue weighted by Crippen LogP contribution is 2.34. The second kappa shape index (κ2) is 12.9. The quantitative estimate of drug-likeness (QED) is 0.149. The van der Waals surface area contributed by atoms with Gasteiger partial charge in [-0.15, -0.1) is 0 Å². The average Bonchev–Trinajstić information content (AvgIpc) is 2.98. The van der Waals surface area contributed by atoms with Gasteiger partial charge in [0.2, 0.25) is 0 Å². The van der Waals surface area contributed by atoms with Crippen molar-refractivity contribution < 1.29 is 23.5 Å². The third-order valence-corrected chi connectivity index (χ3v) is 7.85. The highest BCUT2D eigenvalue weighted by molar-refractivity contribution is 5.91. The van der Waals surface area contributed by atoms with Crippen LogP contribution in [0.25, 0.3) is 11.0 Å². The molecule has 1 heterocycles. The third kappa shape index (κ3) is 7.04. The van der Waals surface area contributed by atoms with E-state index in [1.54, 1.807) is 6.07 Å². The molecular formula is C34H35NO6. The van der Waals surface area contributed by atoms with Crippen molar-refractivity contribution in [1.29, 1.82) is 0 Å². The van der Waals surface area contributed by atoms with Crippen LogP contribution in [0.5, 0.6) is 5.75 Å². The van der Waals surface area contributed by atoms with Crippen LogP contribution in [0.3, 0.4) is 0 Å². The normalized spacial score (nSPS) is 16.7. The molecule has 4 aromatic rings. The molecule has 7 nitrogen and oxygen atoms in total. The molecule has 0 saturated heterocycles. The minimum Gasteiger partial charge on any atom is -0.445 e. The summed E-state index contributed by atoms with van der Waals surface area (Å²) in [5, 5.41) is 3.51. The second-order valence-corrected chi connectivity index (χ2v) is 10.9. The van der Waals surface area contributed by atoms with Gasteiger partial charge in [-0.25, -0.2) is 9.59 Å². The molecule has 3 aromatic carbocycles. The van der Waals surface area contributed by atoms with Gasteiger partial charge in [-0.1, -0.05) is 60.7 Å². The molecular weight excluding hydrogens is 518 g/mol. The Hall–Kier alpha value is -4.39. The predicted octanol–water partition coefficient (Wildman–Crippen LogP) is 6.64. The largest absolute Gasteiger partial charge is 0.445 e. The third-order valence-electron chi connectivity index (χ3n) is 7.85. The average molecular weight is 554 g/mol. The summed E-state index contributed by atoms with van der Waals surface area (Å²) in [6.45, 7) is 4.51. The van der Waals surface area contributed by atoms with E-state index in [-0.39, 0.29) is 30.0 Å². The van der Waals surface area contributed by atoms with Crippen LogP contribution >= 0.6 is 0 Å². The lowest BCUT2D eigenvalue weighted by Gasteiger charge is -2.27. The molecule has 1 aliphatic rings. The van der Waals surface area contributed by atoms with Gasteiger partial charge >= 0.3 is 17.7 Å². The Kier molecular flexibility index (Phi) is 8.82. The highest BCUT2D eigenvalue weighted by atomic mass is 16.5. The molecule has 0 atom stereocenters. The molecule has 1 aromatic heterocycles. The number of benzene rings is 3. The van der Waals surface area contributed by atoms with Crippen molar-refractivity contribution in [3.63, 3.8) is 0 Å². The van der Waals surface area contributed by atoms with E-state index < -0.39 is 6.09 Å². The molecule has 1 amide bonds. The molecule has 1 aliphatic carbocycles. The highest BCUT2D eigenvalue weighted by Gasteiger charge is 2.29. The first-order valence-electron chi connectivity index (χ1n) is 14.1. The summed E-state index contributed by atoms with van der Waals surface area (Å²) in [6, 6.07) is 22.9. The molecule has 0 bridgehead atoms. The number of hydrogen-bond acceptors (Lipinski definition) is 6. The monoisotopic (exact) mass is 553 g/mol. The van der Waals surface area contributed by atoms with Crippen LogP contribution in [0.4, 0.5) is 4.79 Å². The summed E-state index contributed by atoms with van der Waals surface area (Å²) < 4.78 is 17.0.